The van der Waals surface area contributed by atoms with Gasteiger partial charge in [-0.1, -0.05) is 27.7 Å². The minimum atomic E-state index is -1.08. The van der Waals surface area contributed by atoms with E-state index in [0.29, 0.717) is 0 Å². The van der Waals surface area contributed by atoms with E-state index in [-0.39, 0.29) is 17.6 Å². The van der Waals surface area contributed by atoms with Crippen LogP contribution in [0.2, 0.25) is 0 Å². The summed E-state index contributed by atoms with van der Waals surface area (Å²) in [6.07, 6.45) is 0. The molecule has 1 fully saturated rings. The quantitative estimate of drug-likeness (QED) is 0.594. The number of β-lactam (4-membered cyclic amide) rings is 1. The molecule has 1 amide bonds. The van der Waals surface area contributed by atoms with Gasteiger partial charge in [-0.2, -0.15) is 0 Å². The van der Waals surface area contributed by atoms with E-state index in [4.69, 9.17) is 5.11 Å². The molecule has 1 heterocycles. The fourth-order valence-electron chi connectivity index (χ4n) is 1.09. The molecule has 0 aromatic heterocycles. The molecule has 7 heteroatoms. The lowest BCUT2D eigenvalue weighted by atomic mass is 10.2. The zero-order valence-electron chi connectivity index (χ0n) is 7.27. The van der Waals surface area contributed by atoms with E-state index < -0.39 is 16.2 Å². The molecule has 0 bridgehead atoms. The second-order valence-corrected chi connectivity index (χ2v) is 5.04. The molecule has 1 rings (SSSR count). The third-order valence-electron chi connectivity index (χ3n) is 1.67. The summed E-state index contributed by atoms with van der Waals surface area (Å²) < 4.78 is 0. The van der Waals surface area contributed by atoms with Crippen LogP contribution in [0.3, 0.4) is 0 Å². The topological polar surface area (TPSA) is 74.7 Å². The van der Waals surface area contributed by atoms with E-state index in [9.17, 15) is 14.4 Å². The zero-order valence-corrected chi connectivity index (χ0v) is 9.67. The average molecular weight is 282 g/mol. The lowest BCUT2D eigenvalue weighted by Gasteiger charge is -2.42. The van der Waals surface area contributed by atoms with Crippen molar-refractivity contribution < 1.29 is 19.5 Å². The molecule has 0 aliphatic carbocycles. The number of thioether (sulfide) groups is 1. The van der Waals surface area contributed by atoms with Gasteiger partial charge >= 0.3 is 5.97 Å². The molecule has 1 saturated heterocycles. The minimum Gasteiger partial charge on any atom is -0.480 e. The molecule has 0 radical (unpaired) electrons. The van der Waals surface area contributed by atoms with Crippen LogP contribution in [0.15, 0.2) is 0 Å². The minimum absolute atomic E-state index is 0.137. The van der Waals surface area contributed by atoms with Gasteiger partial charge in [-0.25, -0.2) is 0 Å². The summed E-state index contributed by atoms with van der Waals surface area (Å²) in [5.74, 6) is -1.36. The average Bonchev–Trinajstić information content (AvgIpc) is 2.09. The summed E-state index contributed by atoms with van der Waals surface area (Å²) in [5, 5.41) is 7.97. The molecule has 0 aromatic carbocycles. The van der Waals surface area contributed by atoms with Gasteiger partial charge in [-0.3, -0.25) is 14.4 Å². The number of rotatable bonds is 3. The van der Waals surface area contributed by atoms with E-state index in [2.05, 4.69) is 15.9 Å². The Morgan fingerprint density at radius 1 is 1.64 bits per heavy atom. The number of likely N-dealkylation sites (tertiary alicyclic amines) is 1. The van der Waals surface area contributed by atoms with Gasteiger partial charge in [0.05, 0.1) is 0 Å². The first-order valence-corrected chi connectivity index (χ1v) is 5.56. The van der Waals surface area contributed by atoms with Gasteiger partial charge in [0.15, 0.2) is 5.12 Å². The van der Waals surface area contributed by atoms with Crippen molar-refractivity contribution in [2.45, 2.75) is 17.1 Å². The Morgan fingerprint density at radius 3 is 2.64 bits per heavy atom. The number of carboxylic acids is 1. The molecule has 14 heavy (non-hydrogen) atoms. The predicted octanol–water partition coefficient (Wildman–Crippen LogP) is 0.283. The van der Waals surface area contributed by atoms with Crippen molar-refractivity contribution in [2.75, 3.05) is 6.54 Å². The highest BCUT2D eigenvalue weighted by molar-refractivity contribution is 9.10. The maximum Gasteiger partial charge on any atom is 0.323 e. The number of nitrogens with zero attached hydrogens (tertiary/aromatic N) is 1. The number of hydrogen-bond acceptors (Lipinski definition) is 4. The monoisotopic (exact) mass is 281 g/mol. The van der Waals surface area contributed by atoms with Crippen LogP contribution >= 0.6 is 27.7 Å². The molecule has 1 aliphatic heterocycles. The van der Waals surface area contributed by atoms with Crippen molar-refractivity contribution in [1.82, 2.24) is 4.90 Å². The van der Waals surface area contributed by atoms with Crippen LogP contribution in [0.1, 0.15) is 6.92 Å². The third-order valence-corrected chi connectivity index (χ3v) is 4.01. The zero-order chi connectivity index (χ0) is 10.9. The number of aliphatic carboxylic acids is 1. The fourth-order valence-corrected chi connectivity index (χ4v) is 2.84. The molecule has 5 nitrogen and oxygen atoms in total. The van der Waals surface area contributed by atoms with Crippen molar-refractivity contribution in [3.63, 3.8) is 0 Å². The smallest absolute Gasteiger partial charge is 0.323 e. The van der Waals surface area contributed by atoms with E-state index in [0.717, 1.165) is 16.7 Å². The summed E-state index contributed by atoms with van der Waals surface area (Å²) in [6.45, 7) is 1.03. The van der Waals surface area contributed by atoms with Crippen LogP contribution in [-0.2, 0) is 14.4 Å². The summed E-state index contributed by atoms with van der Waals surface area (Å²) in [6, 6.07) is 0. The number of alkyl halides is 1. The Hall–Kier alpha value is -0.560. The van der Waals surface area contributed by atoms with Gasteiger partial charge in [0.1, 0.15) is 16.7 Å². The highest BCUT2D eigenvalue weighted by Crippen LogP contribution is 2.34. The SMILES string of the molecule is CC(=O)S[C@@H]1[C@H](Br)C(=O)N1CC(=O)O. The Morgan fingerprint density at radius 2 is 2.21 bits per heavy atom. The van der Waals surface area contributed by atoms with Gasteiger partial charge < -0.3 is 10.0 Å². The van der Waals surface area contributed by atoms with Crippen molar-refractivity contribution in [2.24, 2.45) is 0 Å². The molecule has 1 N–H and O–H groups in total. The van der Waals surface area contributed by atoms with Crippen LogP contribution in [0.4, 0.5) is 0 Å². The summed E-state index contributed by atoms with van der Waals surface area (Å²) >= 11 is 4.05. The van der Waals surface area contributed by atoms with E-state index in [1.54, 1.807) is 0 Å². The Kier molecular flexibility index (Phi) is 3.54. The number of hydrogen-bond donors (Lipinski definition) is 1. The molecule has 2 atom stereocenters. The Bertz CT molecular complexity index is 295. The van der Waals surface area contributed by atoms with Crippen molar-refractivity contribution in [3.8, 4) is 0 Å². The van der Waals surface area contributed by atoms with Gasteiger partial charge in [-0.15, -0.1) is 0 Å². The van der Waals surface area contributed by atoms with Crippen molar-refractivity contribution >= 4 is 44.7 Å². The van der Waals surface area contributed by atoms with Crippen LogP contribution in [0, 0.1) is 0 Å². The first-order valence-electron chi connectivity index (χ1n) is 3.77. The lowest BCUT2D eigenvalue weighted by Crippen LogP contribution is -2.61. The van der Waals surface area contributed by atoms with Crippen LogP contribution in [0.5, 0.6) is 0 Å². The van der Waals surface area contributed by atoms with Crippen LogP contribution in [-0.4, -0.2) is 43.7 Å². The summed E-state index contributed by atoms with van der Waals surface area (Å²) in [7, 11) is 0. The second kappa shape index (κ2) is 4.31. The molecule has 78 valence electrons. The van der Waals surface area contributed by atoms with E-state index >= 15 is 0 Å². The van der Waals surface area contributed by atoms with E-state index in [1.165, 1.54) is 6.92 Å². The summed E-state index contributed by atoms with van der Waals surface area (Å²) in [4.78, 5) is 33.1. The van der Waals surface area contributed by atoms with Crippen LogP contribution < -0.4 is 0 Å². The number of carbonyl (C=O) groups is 3. The summed E-state index contributed by atoms with van der Waals surface area (Å²) in [5.41, 5.74) is 0. The highest BCUT2D eigenvalue weighted by atomic mass is 79.9. The van der Waals surface area contributed by atoms with Crippen molar-refractivity contribution in [1.29, 1.82) is 0 Å². The molecular formula is C7H8BrNO4S. The molecule has 0 saturated carbocycles. The molecular weight excluding hydrogens is 274 g/mol. The molecule has 0 aromatic rings. The van der Waals surface area contributed by atoms with Gasteiger partial charge in [0, 0.05) is 6.92 Å². The maximum atomic E-state index is 11.2. The lowest BCUT2D eigenvalue weighted by molar-refractivity contribution is -0.150. The first kappa shape index (κ1) is 11.5. The predicted molar refractivity (Wildman–Crippen MR) is 54.1 cm³/mol. The number of amides is 1. The van der Waals surface area contributed by atoms with Gasteiger partial charge in [0.2, 0.25) is 5.91 Å². The molecule has 0 unspecified atom stereocenters. The number of carboxylic acid groups (broad SMARTS) is 1. The number of carbonyl (C=O) groups excluding carboxylic acids is 2. The normalized spacial score (nSPS) is 25.9. The van der Waals surface area contributed by atoms with Gasteiger partial charge in [0.25, 0.3) is 0 Å². The fraction of sp³-hybridized carbons (Fsp3) is 0.571. The highest BCUT2D eigenvalue weighted by Gasteiger charge is 2.47. The standard InChI is InChI=1S/C7H8BrNO4S/c1-3(10)14-7-5(8)6(13)9(7)2-4(11)12/h5,7H,2H2,1H3,(H,11,12)/t5-,7-/m1/s1. The molecule has 0 spiro atoms. The maximum absolute atomic E-state index is 11.2. The van der Waals surface area contributed by atoms with E-state index in [1.807, 2.05) is 0 Å². The molecule has 1 aliphatic rings. The van der Waals surface area contributed by atoms with Crippen molar-refractivity contribution in [3.05, 3.63) is 0 Å². The number of halogens is 1. The Balaban J connectivity index is 2.60. The largest absolute Gasteiger partial charge is 0.480 e. The second-order valence-electron chi connectivity index (χ2n) is 2.76. The van der Waals surface area contributed by atoms with Gasteiger partial charge in [-0.05, 0) is 0 Å². The third kappa shape index (κ3) is 2.27. The first-order chi connectivity index (χ1) is 6.43. The Labute approximate surface area is 93.0 Å². The van der Waals surface area contributed by atoms with Crippen LogP contribution in [0.25, 0.3) is 0 Å².